The molecule has 100 valence electrons. The fraction of sp³-hybridized carbons (Fsp3) is 0.200. The van der Waals surface area contributed by atoms with Gasteiger partial charge in [0.15, 0.2) is 5.65 Å². The smallest absolute Gasteiger partial charge is 0.160 e. The van der Waals surface area contributed by atoms with Gasteiger partial charge in [-0.3, -0.25) is 0 Å². The molecule has 0 atom stereocenters. The van der Waals surface area contributed by atoms with Crippen LogP contribution in [0.1, 0.15) is 18.9 Å². The van der Waals surface area contributed by atoms with E-state index in [9.17, 15) is 0 Å². The van der Waals surface area contributed by atoms with Crippen molar-refractivity contribution < 1.29 is 0 Å². The fourth-order valence-electron chi connectivity index (χ4n) is 2.53. The Kier molecular flexibility index (Phi) is 2.47. The summed E-state index contributed by atoms with van der Waals surface area (Å²) in [7, 11) is 0. The minimum absolute atomic E-state index is 0.475. The highest BCUT2D eigenvalue weighted by molar-refractivity contribution is 6.33. The molecule has 0 spiro atoms. The summed E-state index contributed by atoms with van der Waals surface area (Å²) in [5.74, 6) is 0.862. The Hall–Kier alpha value is -2.07. The normalized spacial score (nSPS) is 14.8. The predicted octanol–water partition coefficient (Wildman–Crippen LogP) is 3.67. The van der Waals surface area contributed by atoms with Crippen LogP contribution in [0.25, 0.3) is 22.6 Å². The van der Waals surface area contributed by atoms with Crippen molar-refractivity contribution in [1.82, 2.24) is 14.5 Å². The molecule has 1 saturated carbocycles. The summed E-state index contributed by atoms with van der Waals surface area (Å²) in [6, 6.07) is 10.0. The lowest BCUT2D eigenvalue weighted by Gasteiger charge is -2.10. The summed E-state index contributed by atoms with van der Waals surface area (Å²) in [6.07, 6.45) is 4.12. The summed E-state index contributed by atoms with van der Waals surface area (Å²) in [5.41, 5.74) is 9.39. The number of rotatable bonds is 2. The number of aromatic nitrogens is 3. The summed E-state index contributed by atoms with van der Waals surface area (Å²) in [4.78, 5) is 9.18. The third-order valence-corrected chi connectivity index (χ3v) is 3.98. The molecule has 1 aliphatic rings. The first-order valence-electron chi connectivity index (χ1n) is 6.63. The lowest BCUT2D eigenvalue weighted by molar-refractivity contribution is 0.767. The SMILES string of the molecule is Nc1c(Cl)cccc1-c1nc2cccnc2n1C1CC1. The topological polar surface area (TPSA) is 56.7 Å². The van der Waals surface area contributed by atoms with Crippen molar-refractivity contribution in [3.05, 3.63) is 41.6 Å². The van der Waals surface area contributed by atoms with Gasteiger partial charge in [0.25, 0.3) is 0 Å². The van der Waals surface area contributed by atoms with Gasteiger partial charge in [-0.15, -0.1) is 0 Å². The van der Waals surface area contributed by atoms with E-state index >= 15 is 0 Å². The number of fused-ring (bicyclic) bond motifs is 1. The monoisotopic (exact) mass is 284 g/mol. The van der Waals surface area contributed by atoms with Gasteiger partial charge in [0.1, 0.15) is 11.3 Å². The predicted molar refractivity (Wildman–Crippen MR) is 80.7 cm³/mol. The molecular weight excluding hydrogens is 272 g/mol. The van der Waals surface area contributed by atoms with Gasteiger partial charge in [0.2, 0.25) is 0 Å². The third-order valence-electron chi connectivity index (χ3n) is 3.65. The Balaban J connectivity index is 2.04. The van der Waals surface area contributed by atoms with E-state index in [2.05, 4.69) is 9.55 Å². The van der Waals surface area contributed by atoms with Crippen LogP contribution in [-0.2, 0) is 0 Å². The molecule has 20 heavy (non-hydrogen) atoms. The summed E-state index contributed by atoms with van der Waals surface area (Å²) >= 11 is 6.13. The van der Waals surface area contributed by atoms with Crippen LogP contribution in [0.3, 0.4) is 0 Å². The molecule has 0 unspecified atom stereocenters. The summed E-state index contributed by atoms with van der Waals surface area (Å²) in [6.45, 7) is 0. The Morgan fingerprint density at radius 1 is 1.20 bits per heavy atom. The lowest BCUT2D eigenvalue weighted by atomic mass is 10.1. The van der Waals surface area contributed by atoms with Crippen LogP contribution in [0, 0.1) is 0 Å². The molecule has 3 aromatic rings. The molecule has 0 saturated heterocycles. The quantitative estimate of drug-likeness (QED) is 0.731. The minimum Gasteiger partial charge on any atom is -0.397 e. The maximum Gasteiger partial charge on any atom is 0.160 e. The number of pyridine rings is 1. The molecule has 0 radical (unpaired) electrons. The van der Waals surface area contributed by atoms with Gasteiger partial charge in [-0.25, -0.2) is 9.97 Å². The van der Waals surface area contributed by atoms with Crippen molar-refractivity contribution in [1.29, 1.82) is 0 Å². The van der Waals surface area contributed by atoms with Crippen LogP contribution < -0.4 is 5.73 Å². The van der Waals surface area contributed by atoms with Gasteiger partial charge in [-0.05, 0) is 37.1 Å². The van der Waals surface area contributed by atoms with E-state index in [0.29, 0.717) is 16.8 Å². The second-order valence-electron chi connectivity index (χ2n) is 5.08. The number of hydrogen-bond acceptors (Lipinski definition) is 3. The van der Waals surface area contributed by atoms with Crippen LogP contribution in [0.5, 0.6) is 0 Å². The Labute approximate surface area is 121 Å². The fourth-order valence-corrected chi connectivity index (χ4v) is 2.70. The summed E-state index contributed by atoms with van der Waals surface area (Å²) < 4.78 is 2.19. The van der Waals surface area contributed by atoms with Crippen LogP contribution in [-0.4, -0.2) is 14.5 Å². The number of imidazole rings is 1. The minimum atomic E-state index is 0.475. The molecule has 1 aliphatic carbocycles. The third kappa shape index (κ3) is 1.68. The zero-order valence-corrected chi connectivity index (χ0v) is 11.5. The maximum atomic E-state index is 6.13. The van der Waals surface area contributed by atoms with Gasteiger partial charge in [0.05, 0.1) is 10.7 Å². The number of nitrogens with two attached hydrogens (primary N) is 1. The van der Waals surface area contributed by atoms with Crippen molar-refractivity contribution in [2.75, 3.05) is 5.73 Å². The number of nitrogens with zero attached hydrogens (tertiary/aromatic N) is 3. The van der Waals surface area contributed by atoms with Gasteiger partial charge >= 0.3 is 0 Å². The van der Waals surface area contributed by atoms with Crippen molar-refractivity contribution in [3.8, 4) is 11.4 Å². The maximum absolute atomic E-state index is 6.13. The molecule has 1 aromatic carbocycles. The zero-order valence-electron chi connectivity index (χ0n) is 10.8. The highest BCUT2D eigenvalue weighted by atomic mass is 35.5. The van der Waals surface area contributed by atoms with Crippen LogP contribution in [0.2, 0.25) is 5.02 Å². The largest absolute Gasteiger partial charge is 0.397 e. The van der Waals surface area contributed by atoms with Crippen molar-refractivity contribution >= 4 is 28.5 Å². The Morgan fingerprint density at radius 3 is 2.85 bits per heavy atom. The molecule has 0 bridgehead atoms. The number of halogens is 1. The summed E-state index contributed by atoms with van der Waals surface area (Å²) in [5, 5.41) is 0.560. The lowest BCUT2D eigenvalue weighted by Crippen LogP contribution is -2.01. The standard InChI is InChI=1S/C15H13ClN4/c16-11-4-1-3-10(13(11)17)14-19-12-5-2-8-18-15(12)20(14)9-6-7-9/h1-5,8-9H,6-7,17H2. The average molecular weight is 285 g/mol. The molecule has 4 nitrogen and oxygen atoms in total. The van der Waals surface area contributed by atoms with Gasteiger partial charge < -0.3 is 10.3 Å². The van der Waals surface area contributed by atoms with E-state index in [4.69, 9.17) is 22.3 Å². The zero-order chi connectivity index (χ0) is 13.7. The number of para-hydroxylation sites is 1. The van der Waals surface area contributed by atoms with Gasteiger partial charge in [-0.2, -0.15) is 0 Å². The van der Waals surface area contributed by atoms with E-state index in [0.717, 1.165) is 35.4 Å². The van der Waals surface area contributed by atoms with E-state index in [1.807, 2.05) is 24.3 Å². The van der Waals surface area contributed by atoms with Crippen molar-refractivity contribution in [2.45, 2.75) is 18.9 Å². The number of hydrogen-bond donors (Lipinski definition) is 1. The highest BCUT2D eigenvalue weighted by Crippen LogP contribution is 2.42. The molecule has 0 amide bonds. The van der Waals surface area contributed by atoms with E-state index in [1.165, 1.54) is 0 Å². The van der Waals surface area contributed by atoms with E-state index in [1.54, 1.807) is 12.3 Å². The second kappa shape index (κ2) is 4.21. The number of anilines is 1. The Bertz CT molecular complexity index is 805. The molecule has 5 heteroatoms. The van der Waals surface area contributed by atoms with Crippen LogP contribution in [0.15, 0.2) is 36.5 Å². The first-order chi connectivity index (χ1) is 9.75. The molecule has 2 aromatic heterocycles. The molecule has 1 fully saturated rings. The number of benzene rings is 1. The molecular formula is C15H13ClN4. The number of nitrogen functional groups attached to an aromatic ring is 1. The molecule has 2 N–H and O–H groups in total. The van der Waals surface area contributed by atoms with E-state index < -0.39 is 0 Å². The van der Waals surface area contributed by atoms with Crippen LogP contribution >= 0.6 is 11.6 Å². The average Bonchev–Trinajstić information content (AvgIpc) is 3.22. The molecule has 0 aliphatic heterocycles. The first-order valence-corrected chi connectivity index (χ1v) is 7.01. The van der Waals surface area contributed by atoms with Crippen molar-refractivity contribution in [2.24, 2.45) is 0 Å². The van der Waals surface area contributed by atoms with Gasteiger partial charge in [-0.1, -0.05) is 17.7 Å². The van der Waals surface area contributed by atoms with Crippen molar-refractivity contribution in [3.63, 3.8) is 0 Å². The van der Waals surface area contributed by atoms with Crippen LogP contribution in [0.4, 0.5) is 5.69 Å². The first kappa shape index (κ1) is 11.7. The van der Waals surface area contributed by atoms with E-state index in [-0.39, 0.29) is 0 Å². The second-order valence-corrected chi connectivity index (χ2v) is 5.49. The highest BCUT2D eigenvalue weighted by Gasteiger charge is 2.29. The molecule has 4 rings (SSSR count). The Morgan fingerprint density at radius 2 is 2.05 bits per heavy atom. The molecule has 2 heterocycles. The van der Waals surface area contributed by atoms with Gasteiger partial charge in [0, 0.05) is 17.8 Å².